The fourth-order valence-corrected chi connectivity index (χ4v) is 5.22. The lowest BCUT2D eigenvalue weighted by Gasteiger charge is -2.27. The maximum absolute atomic E-state index is 13.3. The largest absolute Gasteiger partial charge is 0.478 e. The van der Waals surface area contributed by atoms with Crippen molar-refractivity contribution in [2.24, 2.45) is 0 Å². The molecule has 2 aromatic heterocycles. The standard InChI is InChI=1S/C25H28N4O4/c30-22(28-10-12-33-13-11-28)16-29-21-14-18(25(31)32)6-7-19(21)23(17-4-2-1-3-5-17)24(29)20-15-26-8-9-27-20/h6-9,14-15,17H,1-5,10-13,16H2,(H,31,32). The predicted molar refractivity (Wildman–Crippen MR) is 123 cm³/mol. The molecule has 0 atom stereocenters. The average molecular weight is 449 g/mol. The Hall–Kier alpha value is -3.26. The SMILES string of the molecule is O=C(O)c1ccc2c(C3CCCCC3)c(-c3cnccn3)n(CC(=O)N3CCOCC3)c2c1. The zero-order valence-electron chi connectivity index (χ0n) is 18.6. The molecular formula is C25H28N4O4. The van der Waals surface area contributed by atoms with Crippen molar-refractivity contribution in [3.8, 4) is 11.4 Å². The molecule has 2 aliphatic rings. The lowest BCUT2D eigenvalue weighted by Crippen LogP contribution is -2.42. The van der Waals surface area contributed by atoms with Gasteiger partial charge in [0.1, 0.15) is 12.2 Å². The molecule has 1 aliphatic heterocycles. The molecule has 1 N–H and O–H groups in total. The lowest BCUT2D eigenvalue weighted by atomic mass is 9.82. The Kier molecular flexibility index (Phi) is 6.09. The maximum atomic E-state index is 13.3. The first-order chi connectivity index (χ1) is 16.1. The van der Waals surface area contributed by atoms with Gasteiger partial charge in [0.15, 0.2) is 0 Å². The van der Waals surface area contributed by atoms with Crippen LogP contribution in [0.4, 0.5) is 0 Å². The smallest absolute Gasteiger partial charge is 0.335 e. The summed E-state index contributed by atoms with van der Waals surface area (Å²) in [6.45, 7) is 2.32. The van der Waals surface area contributed by atoms with E-state index in [0.29, 0.717) is 37.9 Å². The molecule has 0 unspecified atom stereocenters. The number of aromatic nitrogens is 3. The molecule has 5 rings (SSSR count). The monoisotopic (exact) mass is 448 g/mol. The van der Waals surface area contributed by atoms with Crippen molar-refractivity contribution in [1.29, 1.82) is 0 Å². The van der Waals surface area contributed by atoms with Gasteiger partial charge in [0.25, 0.3) is 0 Å². The van der Waals surface area contributed by atoms with Crippen LogP contribution in [-0.4, -0.2) is 62.7 Å². The van der Waals surface area contributed by atoms with E-state index < -0.39 is 5.97 Å². The summed E-state index contributed by atoms with van der Waals surface area (Å²) in [6.07, 6.45) is 10.7. The highest BCUT2D eigenvalue weighted by atomic mass is 16.5. The Balaban J connectivity index is 1.71. The highest BCUT2D eigenvalue weighted by Gasteiger charge is 2.29. The van der Waals surface area contributed by atoms with Gasteiger partial charge in [-0.25, -0.2) is 4.79 Å². The summed E-state index contributed by atoms with van der Waals surface area (Å²) in [5.41, 5.74) is 3.73. The number of benzene rings is 1. The molecule has 172 valence electrons. The minimum atomic E-state index is -0.982. The van der Waals surface area contributed by atoms with Crippen LogP contribution in [0.3, 0.4) is 0 Å². The van der Waals surface area contributed by atoms with Crippen LogP contribution in [0.25, 0.3) is 22.3 Å². The zero-order chi connectivity index (χ0) is 22.8. The highest BCUT2D eigenvalue weighted by molar-refractivity contribution is 5.98. The van der Waals surface area contributed by atoms with Gasteiger partial charge in [-0.05, 0) is 36.5 Å². The number of aromatic carboxylic acids is 1. The highest BCUT2D eigenvalue weighted by Crippen LogP contribution is 2.43. The van der Waals surface area contributed by atoms with Gasteiger partial charge in [-0.3, -0.25) is 14.8 Å². The summed E-state index contributed by atoms with van der Waals surface area (Å²) in [4.78, 5) is 35.8. The molecule has 1 aliphatic carbocycles. The lowest BCUT2D eigenvalue weighted by molar-refractivity contribution is -0.135. The number of nitrogens with zero attached hydrogens (tertiary/aromatic N) is 4. The van der Waals surface area contributed by atoms with Crippen molar-refractivity contribution in [3.63, 3.8) is 0 Å². The van der Waals surface area contributed by atoms with Gasteiger partial charge in [0, 0.05) is 30.9 Å². The van der Waals surface area contributed by atoms with Crippen LogP contribution in [0.5, 0.6) is 0 Å². The number of hydrogen-bond donors (Lipinski definition) is 1. The summed E-state index contributed by atoms with van der Waals surface area (Å²) in [5.74, 6) is -0.644. The van der Waals surface area contributed by atoms with E-state index in [9.17, 15) is 14.7 Å². The molecule has 0 spiro atoms. The van der Waals surface area contributed by atoms with E-state index in [1.807, 2.05) is 15.5 Å². The Morgan fingerprint density at radius 1 is 1.09 bits per heavy atom. The van der Waals surface area contributed by atoms with Gasteiger partial charge in [-0.2, -0.15) is 0 Å². The molecule has 2 fully saturated rings. The summed E-state index contributed by atoms with van der Waals surface area (Å²) >= 11 is 0. The minimum absolute atomic E-state index is 0.00346. The Labute approximate surface area is 192 Å². The van der Waals surface area contributed by atoms with Crippen LogP contribution in [0.15, 0.2) is 36.8 Å². The Bertz CT molecular complexity index is 1160. The van der Waals surface area contributed by atoms with Crippen LogP contribution in [-0.2, 0) is 16.1 Å². The second-order valence-corrected chi connectivity index (χ2v) is 8.80. The number of carbonyl (C=O) groups is 2. The van der Waals surface area contributed by atoms with E-state index in [-0.39, 0.29) is 18.0 Å². The van der Waals surface area contributed by atoms with Crippen molar-refractivity contribution >= 4 is 22.8 Å². The molecular weight excluding hydrogens is 420 g/mol. The van der Waals surface area contributed by atoms with E-state index in [4.69, 9.17) is 4.74 Å². The molecule has 1 aromatic carbocycles. The number of amides is 1. The third-order valence-corrected chi connectivity index (χ3v) is 6.83. The molecule has 3 aromatic rings. The van der Waals surface area contributed by atoms with Gasteiger partial charge < -0.3 is 19.3 Å². The first-order valence-corrected chi connectivity index (χ1v) is 11.6. The number of carboxylic acid groups (broad SMARTS) is 1. The number of rotatable bonds is 5. The minimum Gasteiger partial charge on any atom is -0.478 e. The second-order valence-electron chi connectivity index (χ2n) is 8.80. The van der Waals surface area contributed by atoms with E-state index in [1.165, 1.54) is 6.42 Å². The Morgan fingerprint density at radius 2 is 1.88 bits per heavy atom. The molecule has 1 saturated carbocycles. The molecule has 8 heteroatoms. The molecule has 0 radical (unpaired) electrons. The summed E-state index contributed by atoms with van der Waals surface area (Å²) in [7, 11) is 0. The van der Waals surface area contributed by atoms with Gasteiger partial charge in [-0.1, -0.05) is 25.3 Å². The van der Waals surface area contributed by atoms with Gasteiger partial charge in [0.2, 0.25) is 5.91 Å². The molecule has 3 heterocycles. The summed E-state index contributed by atoms with van der Waals surface area (Å²) in [6, 6.07) is 5.25. The van der Waals surface area contributed by atoms with Crippen LogP contribution >= 0.6 is 0 Å². The van der Waals surface area contributed by atoms with Crippen LogP contribution in [0.2, 0.25) is 0 Å². The third-order valence-electron chi connectivity index (χ3n) is 6.83. The predicted octanol–water partition coefficient (Wildman–Crippen LogP) is 3.70. The number of morpholine rings is 1. The van der Waals surface area contributed by atoms with E-state index in [2.05, 4.69) is 9.97 Å². The average Bonchev–Trinajstić information content (AvgIpc) is 3.19. The van der Waals surface area contributed by atoms with Crippen molar-refractivity contribution in [1.82, 2.24) is 19.4 Å². The third kappa shape index (κ3) is 4.23. The van der Waals surface area contributed by atoms with E-state index in [0.717, 1.165) is 47.8 Å². The van der Waals surface area contributed by atoms with Crippen LogP contribution < -0.4 is 0 Å². The van der Waals surface area contributed by atoms with Gasteiger partial charge >= 0.3 is 5.97 Å². The molecule has 1 amide bonds. The first-order valence-electron chi connectivity index (χ1n) is 11.6. The Morgan fingerprint density at radius 3 is 2.58 bits per heavy atom. The van der Waals surface area contributed by atoms with Crippen molar-refractivity contribution < 1.29 is 19.4 Å². The quantitative estimate of drug-likeness (QED) is 0.639. The molecule has 0 bridgehead atoms. The van der Waals surface area contributed by atoms with Crippen molar-refractivity contribution in [2.45, 2.75) is 44.6 Å². The first kappa shape index (κ1) is 21.6. The second kappa shape index (κ2) is 9.31. The summed E-state index contributed by atoms with van der Waals surface area (Å²) in [5, 5.41) is 10.6. The molecule has 1 saturated heterocycles. The normalized spacial score (nSPS) is 17.4. The number of fused-ring (bicyclic) bond motifs is 1. The van der Waals surface area contributed by atoms with Crippen LogP contribution in [0.1, 0.15) is 53.9 Å². The number of carboxylic acids is 1. The zero-order valence-corrected chi connectivity index (χ0v) is 18.6. The van der Waals surface area contributed by atoms with E-state index in [1.54, 1.807) is 30.7 Å². The van der Waals surface area contributed by atoms with Crippen molar-refractivity contribution in [3.05, 3.63) is 47.9 Å². The van der Waals surface area contributed by atoms with Gasteiger partial charge in [0.05, 0.1) is 36.2 Å². The van der Waals surface area contributed by atoms with E-state index >= 15 is 0 Å². The fraction of sp³-hybridized carbons (Fsp3) is 0.440. The molecule has 8 nitrogen and oxygen atoms in total. The van der Waals surface area contributed by atoms with Crippen molar-refractivity contribution in [2.75, 3.05) is 26.3 Å². The summed E-state index contributed by atoms with van der Waals surface area (Å²) < 4.78 is 7.37. The fourth-order valence-electron chi connectivity index (χ4n) is 5.22. The molecule has 33 heavy (non-hydrogen) atoms. The number of carbonyl (C=O) groups excluding carboxylic acids is 1. The number of ether oxygens (including phenoxy) is 1. The van der Waals surface area contributed by atoms with Gasteiger partial charge in [-0.15, -0.1) is 0 Å². The van der Waals surface area contributed by atoms with Crippen LogP contribution in [0, 0.1) is 0 Å². The topological polar surface area (TPSA) is 97.5 Å². The number of hydrogen-bond acceptors (Lipinski definition) is 5. The maximum Gasteiger partial charge on any atom is 0.335 e.